The van der Waals surface area contributed by atoms with Gasteiger partial charge in [0.15, 0.2) is 11.0 Å². The second kappa shape index (κ2) is 9.89. The first-order valence-corrected chi connectivity index (χ1v) is 12.1. The van der Waals surface area contributed by atoms with Gasteiger partial charge in [0, 0.05) is 11.3 Å². The molecule has 3 aromatic rings. The summed E-state index contributed by atoms with van der Waals surface area (Å²) in [5.74, 6) is 2.32. The number of thioether (sulfide) groups is 1. The van der Waals surface area contributed by atoms with Gasteiger partial charge in [0.1, 0.15) is 11.4 Å². The van der Waals surface area contributed by atoms with Crippen LogP contribution < -0.4 is 9.64 Å². The molecular formula is C22H21ClN4O3S2. The van der Waals surface area contributed by atoms with Gasteiger partial charge >= 0.3 is 0 Å². The number of hydrogen-bond donors (Lipinski definition) is 0. The molecule has 0 saturated heterocycles. The molecule has 0 fully saturated rings. The zero-order chi connectivity index (χ0) is 22.7. The van der Waals surface area contributed by atoms with Crippen LogP contribution in [0.2, 0.25) is 5.02 Å². The van der Waals surface area contributed by atoms with E-state index >= 15 is 0 Å². The molecular weight excluding hydrogens is 468 g/mol. The van der Waals surface area contributed by atoms with Crippen molar-refractivity contribution in [2.45, 2.75) is 26.0 Å². The SMILES string of the molecule is COc1ccc(N2C(=O)C(=Cc3cccs3)N=C2SCc2noc(CC(C)C)n2)cc1Cl. The largest absolute Gasteiger partial charge is 0.495 e. The van der Waals surface area contributed by atoms with Crippen LogP contribution in [0.5, 0.6) is 5.75 Å². The summed E-state index contributed by atoms with van der Waals surface area (Å²) in [7, 11) is 1.55. The number of halogens is 1. The number of thiophene rings is 1. The Morgan fingerprint density at radius 3 is 2.88 bits per heavy atom. The van der Waals surface area contributed by atoms with E-state index in [0.717, 1.165) is 11.3 Å². The number of aromatic nitrogens is 2. The fourth-order valence-corrected chi connectivity index (χ4v) is 4.79. The molecule has 1 aliphatic rings. The predicted octanol–water partition coefficient (Wildman–Crippen LogP) is 5.67. The summed E-state index contributed by atoms with van der Waals surface area (Å²) in [4.78, 5) is 24.8. The summed E-state index contributed by atoms with van der Waals surface area (Å²) in [6.45, 7) is 4.19. The minimum absolute atomic E-state index is 0.226. The Labute approximate surface area is 199 Å². The van der Waals surface area contributed by atoms with E-state index in [2.05, 4.69) is 29.0 Å². The molecule has 0 unspecified atom stereocenters. The van der Waals surface area contributed by atoms with E-state index < -0.39 is 0 Å². The number of ether oxygens (including phenoxy) is 1. The topological polar surface area (TPSA) is 80.8 Å². The first-order valence-electron chi connectivity index (χ1n) is 9.90. The molecule has 0 radical (unpaired) electrons. The maximum atomic E-state index is 13.3. The molecule has 0 N–H and O–H groups in total. The minimum atomic E-state index is -0.226. The summed E-state index contributed by atoms with van der Waals surface area (Å²) in [6.07, 6.45) is 2.51. The standard InChI is InChI=1S/C22H21ClN4O3S2/c1-13(2)9-20-25-19(26-30-20)12-32-22-24-17(11-15-5-4-8-31-15)21(28)27(22)14-6-7-18(29-3)16(23)10-14/h4-8,10-11,13H,9,12H2,1-3H3. The van der Waals surface area contributed by atoms with Crippen molar-refractivity contribution < 1.29 is 14.1 Å². The molecule has 0 atom stereocenters. The van der Waals surface area contributed by atoms with Crippen molar-refractivity contribution in [2.75, 3.05) is 12.0 Å². The predicted molar refractivity (Wildman–Crippen MR) is 129 cm³/mol. The second-order valence-corrected chi connectivity index (χ2v) is 9.72. The Bertz CT molecular complexity index is 1170. The number of carbonyl (C=O) groups is 1. The lowest BCUT2D eigenvalue weighted by atomic mass is 10.1. The van der Waals surface area contributed by atoms with Crippen molar-refractivity contribution in [3.8, 4) is 5.75 Å². The van der Waals surface area contributed by atoms with E-state index in [4.69, 9.17) is 20.9 Å². The third-order valence-corrected chi connectivity index (χ3v) is 6.52. The van der Waals surface area contributed by atoms with Gasteiger partial charge in [-0.05, 0) is 41.6 Å². The lowest BCUT2D eigenvalue weighted by Crippen LogP contribution is -2.30. The number of nitrogens with zero attached hydrogens (tertiary/aromatic N) is 4. The van der Waals surface area contributed by atoms with Crippen molar-refractivity contribution >= 4 is 57.5 Å². The first kappa shape index (κ1) is 22.6. The number of anilines is 1. The quantitative estimate of drug-likeness (QED) is 0.398. The Balaban J connectivity index is 1.61. The third kappa shape index (κ3) is 5.06. The van der Waals surface area contributed by atoms with Crippen LogP contribution in [0.25, 0.3) is 6.08 Å². The number of aliphatic imine (C=N–C) groups is 1. The van der Waals surface area contributed by atoms with Gasteiger partial charge in [-0.2, -0.15) is 4.98 Å². The molecule has 1 aromatic carbocycles. The van der Waals surface area contributed by atoms with Crippen LogP contribution in [-0.4, -0.2) is 28.3 Å². The normalized spacial score (nSPS) is 15.2. The molecule has 2 aromatic heterocycles. The lowest BCUT2D eigenvalue weighted by molar-refractivity contribution is -0.113. The maximum Gasteiger partial charge on any atom is 0.283 e. The van der Waals surface area contributed by atoms with Crippen molar-refractivity contribution in [1.29, 1.82) is 0 Å². The van der Waals surface area contributed by atoms with Crippen LogP contribution in [0.1, 0.15) is 30.4 Å². The maximum absolute atomic E-state index is 13.3. The average molecular weight is 489 g/mol. The van der Waals surface area contributed by atoms with Crippen LogP contribution in [0, 0.1) is 5.92 Å². The third-order valence-electron chi connectivity index (χ3n) is 4.47. The Hall–Kier alpha value is -2.62. The fourth-order valence-electron chi connectivity index (χ4n) is 3.03. The van der Waals surface area contributed by atoms with E-state index in [1.807, 2.05) is 17.5 Å². The van der Waals surface area contributed by atoms with E-state index in [9.17, 15) is 4.79 Å². The highest BCUT2D eigenvalue weighted by molar-refractivity contribution is 8.13. The molecule has 7 nitrogen and oxygen atoms in total. The zero-order valence-electron chi connectivity index (χ0n) is 17.7. The summed E-state index contributed by atoms with van der Waals surface area (Å²) in [5.41, 5.74) is 0.964. The van der Waals surface area contributed by atoms with Crippen LogP contribution >= 0.6 is 34.7 Å². The Morgan fingerprint density at radius 1 is 1.34 bits per heavy atom. The zero-order valence-corrected chi connectivity index (χ0v) is 20.1. The number of methoxy groups -OCH3 is 1. The minimum Gasteiger partial charge on any atom is -0.495 e. The van der Waals surface area contributed by atoms with E-state index in [1.54, 1.807) is 47.6 Å². The lowest BCUT2D eigenvalue weighted by Gasteiger charge is -2.18. The summed E-state index contributed by atoms with van der Waals surface area (Å²) in [5, 5.41) is 6.94. The molecule has 3 heterocycles. The number of rotatable bonds is 7. The van der Waals surface area contributed by atoms with Gasteiger partial charge in [0.05, 0.1) is 23.6 Å². The molecule has 1 amide bonds. The summed E-state index contributed by atoms with van der Waals surface area (Å²) >= 11 is 9.23. The average Bonchev–Trinajstić information content (AvgIpc) is 3.48. The smallest absolute Gasteiger partial charge is 0.283 e. The van der Waals surface area contributed by atoms with Gasteiger partial charge in [-0.1, -0.05) is 48.4 Å². The van der Waals surface area contributed by atoms with Crippen molar-refractivity contribution in [3.63, 3.8) is 0 Å². The van der Waals surface area contributed by atoms with Gasteiger partial charge in [-0.25, -0.2) is 4.99 Å². The molecule has 32 heavy (non-hydrogen) atoms. The van der Waals surface area contributed by atoms with Crippen LogP contribution in [0.15, 0.2) is 50.9 Å². The highest BCUT2D eigenvalue weighted by Crippen LogP contribution is 2.35. The number of benzene rings is 1. The van der Waals surface area contributed by atoms with Crippen molar-refractivity contribution in [2.24, 2.45) is 10.9 Å². The van der Waals surface area contributed by atoms with Gasteiger partial charge in [-0.3, -0.25) is 9.69 Å². The van der Waals surface area contributed by atoms with Crippen LogP contribution in [0.3, 0.4) is 0 Å². The van der Waals surface area contributed by atoms with Gasteiger partial charge < -0.3 is 9.26 Å². The van der Waals surface area contributed by atoms with Gasteiger partial charge in [0.2, 0.25) is 5.89 Å². The number of hydrogen-bond acceptors (Lipinski definition) is 8. The van der Waals surface area contributed by atoms with Crippen LogP contribution in [0.4, 0.5) is 5.69 Å². The molecule has 0 spiro atoms. The Morgan fingerprint density at radius 2 is 2.19 bits per heavy atom. The number of amides is 1. The fraction of sp³-hybridized carbons (Fsp3) is 0.273. The van der Waals surface area contributed by atoms with Crippen LogP contribution in [-0.2, 0) is 17.0 Å². The molecule has 0 bridgehead atoms. The molecule has 0 saturated carbocycles. The summed E-state index contributed by atoms with van der Waals surface area (Å²) < 4.78 is 10.6. The molecule has 0 aliphatic carbocycles. The highest BCUT2D eigenvalue weighted by atomic mass is 35.5. The molecule has 1 aliphatic heterocycles. The van der Waals surface area contributed by atoms with Gasteiger partial charge in [0.25, 0.3) is 5.91 Å². The van der Waals surface area contributed by atoms with Crippen molar-refractivity contribution in [3.05, 3.63) is 63.0 Å². The monoisotopic (exact) mass is 488 g/mol. The number of carbonyl (C=O) groups excluding carboxylic acids is 1. The van der Waals surface area contributed by atoms with E-state index in [-0.39, 0.29) is 5.91 Å². The van der Waals surface area contributed by atoms with E-state index in [0.29, 0.717) is 50.7 Å². The molecule has 10 heteroatoms. The Kier molecular flexibility index (Phi) is 6.98. The second-order valence-electron chi connectivity index (χ2n) is 7.39. The first-order chi connectivity index (χ1) is 15.4. The highest BCUT2D eigenvalue weighted by Gasteiger charge is 2.32. The molecule has 166 valence electrons. The van der Waals surface area contributed by atoms with Crippen molar-refractivity contribution in [1.82, 2.24) is 10.1 Å². The molecule has 4 rings (SSSR count). The number of amidine groups is 1. The van der Waals surface area contributed by atoms with Gasteiger partial charge in [-0.15, -0.1) is 11.3 Å². The van der Waals surface area contributed by atoms with E-state index in [1.165, 1.54) is 11.8 Å². The summed E-state index contributed by atoms with van der Waals surface area (Å²) in [6, 6.07) is 9.07.